The van der Waals surface area contributed by atoms with Gasteiger partial charge in [0.25, 0.3) is 0 Å². The summed E-state index contributed by atoms with van der Waals surface area (Å²) >= 11 is 4.03. The van der Waals surface area contributed by atoms with E-state index in [0.29, 0.717) is 0 Å². The molecule has 0 aromatic heterocycles. The summed E-state index contributed by atoms with van der Waals surface area (Å²) in [5, 5.41) is -0.232. The van der Waals surface area contributed by atoms with E-state index in [2.05, 4.69) is 66.3 Å². The molecular weight excluding hydrogens is 243 g/mol. The van der Waals surface area contributed by atoms with Crippen molar-refractivity contribution >= 4 is 26.1 Å². The van der Waals surface area contributed by atoms with Crippen LogP contribution in [0.15, 0.2) is 30.3 Å². The molecule has 0 amide bonds. The van der Waals surface area contributed by atoms with Crippen LogP contribution in [0.4, 0.5) is 0 Å². The quantitative estimate of drug-likeness (QED) is 0.725. The van der Waals surface area contributed by atoms with Gasteiger partial charge in [0.15, 0.2) is 0 Å². The molecule has 0 heterocycles. The molecule has 0 nitrogen and oxygen atoms in total. The first-order valence-electron chi connectivity index (χ1n) is 4.80. The molecule has 1 rings (SSSR count). The summed E-state index contributed by atoms with van der Waals surface area (Å²) < 4.78 is 0. The second-order valence-electron chi connectivity index (χ2n) is 3.86. The van der Waals surface area contributed by atoms with Crippen molar-refractivity contribution in [1.29, 1.82) is 0 Å². The predicted octanol–water partition coefficient (Wildman–Crippen LogP) is 3.84. The van der Waals surface area contributed by atoms with E-state index < -0.39 is 5.31 Å². The Kier molecular flexibility index (Phi) is 3.20. The fourth-order valence-corrected chi connectivity index (χ4v) is 4.32. The predicted molar refractivity (Wildman–Crippen MR) is 68.9 cm³/mol. The minimum atomic E-state index is -1.73. The average molecular weight is 261 g/mol. The average Bonchev–Trinajstić information content (AvgIpc) is 2.20. The normalized spacial score (nSPS) is 14.9. The van der Waals surface area contributed by atoms with E-state index in [9.17, 15) is 0 Å². The zero-order chi connectivity index (χ0) is 9.97. The van der Waals surface area contributed by atoms with Crippen LogP contribution in [0.3, 0.4) is 0 Å². The molecule has 0 aliphatic carbocycles. The summed E-state index contributed by atoms with van der Waals surface area (Å²) in [6.07, 6.45) is 2.46. The topological polar surface area (TPSA) is 0 Å². The molecule has 0 fully saturated rings. The van der Waals surface area contributed by atoms with E-state index in [1.54, 1.807) is 0 Å². The van der Waals surface area contributed by atoms with Crippen LogP contribution in [-0.4, -0.2) is 19.0 Å². The maximum absolute atomic E-state index is 4.03. The second-order valence-corrected chi connectivity index (χ2v) is 15.6. The van der Waals surface area contributed by atoms with E-state index in [-0.39, 0.29) is 0 Å². The van der Waals surface area contributed by atoms with Crippen LogP contribution >= 0.6 is 20.8 Å². The molecule has 1 aromatic carbocycles. The molecule has 13 heavy (non-hydrogen) atoms. The van der Waals surface area contributed by atoms with Crippen molar-refractivity contribution < 1.29 is 0 Å². The molecule has 2 heteroatoms. The van der Waals surface area contributed by atoms with E-state index in [0.717, 1.165) is 0 Å². The van der Waals surface area contributed by atoms with Crippen LogP contribution in [-0.2, 0) is 0 Å². The molecule has 0 unspecified atom stereocenters. The Morgan fingerprint density at radius 1 is 1.08 bits per heavy atom. The molecule has 0 bridgehead atoms. The Morgan fingerprint density at radius 3 is 1.92 bits per heavy atom. The number of hydrogen-bond acceptors (Lipinski definition) is 0. The molecule has 0 atom stereocenters. The first kappa shape index (κ1) is 11.2. The molecule has 1 aromatic rings. The number of halogens is 1. The van der Waals surface area contributed by atoms with Gasteiger partial charge < -0.3 is 0 Å². The van der Waals surface area contributed by atoms with Gasteiger partial charge in [-0.2, -0.15) is 0 Å². The van der Waals surface area contributed by atoms with Crippen molar-refractivity contribution in [2.24, 2.45) is 0 Å². The van der Waals surface area contributed by atoms with E-state index >= 15 is 0 Å². The molecule has 0 spiro atoms. The SMILES string of the molecule is CCP(C)(Br)(CC)c1ccccc1. The Hall–Kier alpha value is 0.130. The van der Waals surface area contributed by atoms with E-state index in [1.165, 1.54) is 17.6 Å². The summed E-state index contributed by atoms with van der Waals surface area (Å²) in [4.78, 5) is 0. The van der Waals surface area contributed by atoms with Crippen molar-refractivity contribution in [3.05, 3.63) is 30.3 Å². The molecular formula is C11H18BrP. The molecule has 0 saturated carbocycles. The molecule has 0 aliphatic rings. The van der Waals surface area contributed by atoms with Gasteiger partial charge in [-0.3, -0.25) is 0 Å². The van der Waals surface area contributed by atoms with Gasteiger partial charge in [0, 0.05) is 0 Å². The van der Waals surface area contributed by atoms with Crippen LogP contribution in [0.1, 0.15) is 13.8 Å². The maximum atomic E-state index is 4.03. The molecule has 0 radical (unpaired) electrons. The standard InChI is InChI=1S/C11H18BrP/c1-4-13(3,12,5-2)11-9-7-6-8-10-11/h6-10H,4-5H2,1-3H3. The Morgan fingerprint density at radius 2 is 1.54 bits per heavy atom. The summed E-state index contributed by atoms with van der Waals surface area (Å²) in [6, 6.07) is 10.8. The van der Waals surface area contributed by atoms with Crippen molar-refractivity contribution in [2.45, 2.75) is 13.8 Å². The monoisotopic (exact) mass is 260 g/mol. The summed E-state index contributed by atoms with van der Waals surface area (Å²) in [7, 11) is 0. The summed E-state index contributed by atoms with van der Waals surface area (Å²) in [5.41, 5.74) is 0. The molecule has 74 valence electrons. The number of benzene rings is 1. The van der Waals surface area contributed by atoms with Crippen LogP contribution in [0, 0.1) is 0 Å². The number of rotatable bonds is 3. The first-order valence-corrected chi connectivity index (χ1v) is 9.87. The van der Waals surface area contributed by atoms with Crippen LogP contribution < -0.4 is 5.30 Å². The van der Waals surface area contributed by atoms with Gasteiger partial charge in [-0.05, 0) is 0 Å². The zero-order valence-electron chi connectivity index (χ0n) is 8.63. The van der Waals surface area contributed by atoms with Gasteiger partial charge in [0.1, 0.15) is 0 Å². The van der Waals surface area contributed by atoms with Crippen LogP contribution in [0.2, 0.25) is 0 Å². The Bertz CT molecular complexity index is 271. The van der Waals surface area contributed by atoms with E-state index in [4.69, 9.17) is 0 Å². The van der Waals surface area contributed by atoms with Crippen molar-refractivity contribution in [3.63, 3.8) is 0 Å². The van der Waals surface area contributed by atoms with Gasteiger partial charge in [0.2, 0.25) is 0 Å². The molecule has 0 N–H and O–H groups in total. The fourth-order valence-electron chi connectivity index (χ4n) is 1.43. The van der Waals surface area contributed by atoms with Gasteiger partial charge in [-0.25, -0.2) is 0 Å². The van der Waals surface area contributed by atoms with Gasteiger partial charge in [-0.15, -0.1) is 0 Å². The third-order valence-corrected chi connectivity index (χ3v) is 12.4. The van der Waals surface area contributed by atoms with Crippen molar-refractivity contribution in [3.8, 4) is 0 Å². The van der Waals surface area contributed by atoms with Gasteiger partial charge in [-0.1, -0.05) is 0 Å². The van der Waals surface area contributed by atoms with Crippen molar-refractivity contribution in [2.75, 3.05) is 19.0 Å². The second kappa shape index (κ2) is 3.71. The minimum absolute atomic E-state index is 1.23. The van der Waals surface area contributed by atoms with Gasteiger partial charge in [0.05, 0.1) is 0 Å². The van der Waals surface area contributed by atoms with E-state index in [1.807, 2.05) is 0 Å². The van der Waals surface area contributed by atoms with Crippen molar-refractivity contribution in [1.82, 2.24) is 0 Å². The number of hydrogen-bond donors (Lipinski definition) is 0. The molecule has 0 aliphatic heterocycles. The van der Waals surface area contributed by atoms with Crippen LogP contribution in [0.25, 0.3) is 0 Å². The molecule has 0 saturated heterocycles. The van der Waals surface area contributed by atoms with Gasteiger partial charge >= 0.3 is 89.3 Å². The first-order chi connectivity index (χ1) is 6.02. The summed E-state index contributed by atoms with van der Waals surface area (Å²) in [6.45, 7) is 6.97. The zero-order valence-corrected chi connectivity index (χ0v) is 11.1. The Balaban J connectivity index is 3.19. The summed E-state index contributed by atoms with van der Waals surface area (Å²) in [5.74, 6) is 0. The third kappa shape index (κ3) is 2.14. The third-order valence-electron chi connectivity index (χ3n) is 3.11. The van der Waals surface area contributed by atoms with Crippen LogP contribution in [0.5, 0.6) is 0 Å². The Labute approximate surface area is 89.4 Å². The fraction of sp³-hybridized carbons (Fsp3) is 0.455.